The highest BCUT2D eigenvalue weighted by molar-refractivity contribution is 5.95. The van der Waals surface area contributed by atoms with Crippen molar-refractivity contribution in [2.45, 2.75) is 20.3 Å². The Morgan fingerprint density at radius 2 is 1.77 bits per heavy atom. The highest BCUT2D eigenvalue weighted by Gasteiger charge is 2.24. The van der Waals surface area contributed by atoms with E-state index >= 15 is 0 Å². The fourth-order valence-electron chi connectivity index (χ4n) is 2.71. The van der Waals surface area contributed by atoms with Gasteiger partial charge < -0.3 is 14.5 Å². The monoisotopic (exact) mass is 304 g/mol. The lowest BCUT2D eigenvalue weighted by Gasteiger charge is -2.37. The van der Waals surface area contributed by atoms with Crippen molar-refractivity contribution in [3.05, 3.63) is 29.8 Å². The van der Waals surface area contributed by atoms with E-state index in [2.05, 4.69) is 18.7 Å². The number of hydrogen-bond acceptors (Lipinski definition) is 4. The van der Waals surface area contributed by atoms with Crippen LogP contribution in [0.5, 0.6) is 0 Å². The number of benzene rings is 1. The summed E-state index contributed by atoms with van der Waals surface area (Å²) in [6.45, 7) is 6.97. The first-order valence-corrected chi connectivity index (χ1v) is 7.73. The molecule has 120 valence electrons. The lowest BCUT2D eigenvalue weighted by molar-refractivity contribution is -0.132. The molecule has 0 atom stereocenters. The zero-order valence-corrected chi connectivity index (χ0v) is 13.5. The molecule has 0 unspecified atom stereocenters. The molecule has 1 heterocycles. The lowest BCUT2D eigenvalue weighted by atomic mass is 10.1. The van der Waals surface area contributed by atoms with Crippen LogP contribution >= 0.6 is 0 Å². The van der Waals surface area contributed by atoms with Crippen LogP contribution in [0.3, 0.4) is 0 Å². The molecule has 2 rings (SSSR count). The third-order valence-electron chi connectivity index (χ3n) is 3.87. The second kappa shape index (κ2) is 7.29. The van der Waals surface area contributed by atoms with E-state index in [0.717, 1.165) is 18.8 Å². The lowest BCUT2D eigenvalue weighted by Crippen LogP contribution is -2.49. The zero-order valence-electron chi connectivity index (χ0n) is 13.5. The molecular weight excluding hydrogens is 280 g/mol. The molecule has 5 heteroatoms. The molecular formula is C17H24N2O3. The molecule has 1 aliphatic heterocycles. The summed E-state index contributed by atoms with van der Waals surface area (Å²) < 4.78 is 4.84. The number of para-hydroxylation sites is 1. The van der Waals surface area contributed by atoms with Gasteiger partial charge >= 0.3 is 5.97 Å². The van der Waals surface area contributed by atoms with Crippen molar-refractivity contribution < 1.29 is 14.3 Å². The molecule has 0 radical (unpaired) electrons. The molecule has 22 heavy (non-hydrogen) atoms. The Labute approximate surface area is 131 Å². The maximum Gasteiger partial charge on any atom is 0.339 e. The molecule has 0 aromatic heterocycles. The largest absolute Gasteiger partial charge is 0.465 e. The Hall–Kier alpha value is -2.04. The van der Waals surface area contributed by atoms with Gasteiger partial charge in [0.2, 0.25) is 5.91 Å². The zero-order chi connectivity index (χ0) is 16.1. The fourth-order valence-corrected chi connectivity index (χ4v) is 2.71. The van der Waals surface area contributed by atoms with Crippen LogP contribution in [0.15, 0.2) is 24.3 Å². The van der Waals surface area contributed by atoms with E-state index in [1.807, 2.05) is 23.1 Å². The van der Waals surface area contributed by atoms with Gasteiger partial charge in [0.1, 0.15) is 0 Å². The molecule has 1 aliphatic rings. The Balaban J connectivity index is 2.03. The van der Waals surface area contributed by atoms with E-state index in [1.54, 1.807) is 6.07 Å². The van der Waals surface area contributed by atoms with Crippen LogP contribution in [0.1, 0.15) is 30.6 Å². The topological polar surface area (TPSA) is 49.9 Å². The number of esters is 1. The summed E-state index contributed by atoms with van der Waals surface area (Å²) in [6, 6.07) is 7.45. The minimum atomic E-state index is -0.325. The van der Waals surface area contributed by atoms with Crippen molar-refractivity contribution in [2.75, 3.05) is 38.2 Å². The molecule has 5 nitrogen and oxygen atoms in total. The van der Waals surface area contributed by atoms with Gasteiger partial charge in [0.25, 0.3) is 0 Å². The van der Waals surface area contributed by atoms with Crippen molar-refractivity contribution in [3.63, 3.8) is 0 Å². The van der Waals surface area contributed by atoms with Gasteiger partial charge in [-0.1, -0.05) is 26.0 Å². The number of piperazine rings is 1. The summed E-state index contributed by atoms with van der Waals surface area (Å²) in [5.41, 5.74) is 1.46. The molecule has 0 bridgehead atoms. The van der Waals surface area contributed by atoms with E-state index in [9.17, 15) is 9.59 Å². The van der Waals surface area contributed by atoms with Gasteiger partial charge in [-0.25, -0.2) is 4.79 Å². The molecule has 0 aliphatic carbocycles. The minimum absolute atomic E-state index is 0.218. The number of rotatable bonds is 4. The number of amides is 1. The first-order valence-electron chi connectivity index (χ1n) is 7.73. The molecule has 1 aromatic carbocycles. The number of carbonyl (C=O) groups is 2. The molecule has 1 aromatic rings. The standard InChI is InChI=1S/C17H24N2O3/c1-13(2)12-16(20)19-10-8-18(9-11-19)15-7-5-4-6-14(15)17(21)22-3/h4-7,13H,8-12H2,1-3H3. The summed E-state index contributed by atoms with van der Waals surface area (Å²) in [5.74, 6) is 0.274. The second-order valence-electron chi connectivity index (χ2n) is 5.97. The number of ether oxygens (including phenoxy) is 1. The van der Waals surface area contributed by atoms with Crippen molar-refractivity contribution in [2.24, 2.45) is 5.92 Å². The van der Waals surface area contributed by atoms with Gasteiger partial charge in [0.15, 0.2) is 0 Å². The van der Waals surface area contributed by atoms with E-state index in [4.69, 9.17) is 4.74 Å². The average molecular weight is 304 g/mol. The second-order valence-corrected chi connectivity index (χ2v) is 5.97. The van der Waals surface area contributed by atoms with Crippen LogP contribution in [0.25, 0.3) is 0 Å². The van der Waals surface area contributed by atoms with E-state index in [-0.39, 0.29) is 11.9 Å². The SMILES string of the molecule is COC(=O)c1ccccc1N1CCN(C(=O)CC(C)C)CC1. The Bertz CT molecular complexity index is 534. The molecule has 1 amide bonds. The molecule has 1 saturated heterocycles. The van der Waals surface area contributed by atoms with Crippen molar-refractivity contribution >= 4 is 17.6 Å². The highest BCUT2D eigenvalue weighted by atomic mass is 16.5. The quantitative estimate of drug-likeness (QED) is 0.800. The minimum Gasteiger partial charge on any atom is -0.465 e. The van der Waals surface area contributed by atoms with Gasteiger partial charge in [-0.2, -0.15) is 0 Å². The Morgan fingerprint density at radius 3 is 2.36 bits per heavy atom. The maximum absolute atomic E-state index is 12.1. The van der Waals surface area contributed by atoms with Gasteiger partial charge in [-0.15, -0.1) is 0 Å². The van der Waals surface area contributed by atoms with Crippen molar-refractivity contribution in [1.29, 1.82) is 0 Å². The summed E-state index contributed by atoms with van der Waals surface area (Å²) in [6.07, 6.45) is 0.596. The van der Waals surface area contributed by atoms with Crippen LogP contribution in [0.4, 0.5) is 5.69 Å². The molecule has 0 saturated carbocycles. The summed E-state index contributed by atoms with van der Waals surface area (Å²) >= 11 is 0. The molecule has 0 N–H and O–H groups in total. The number of hydrogen-bond donors (Lipinski definition) is 0. The van der Waals surface area contributed by atoms with Gasteiger partial charge in [0.05, 0.1) is 18.4 Å². The van der Waals surface area contributed by atoms with Gasteiger partial charge in [0, 0.05) is 32.6 Å². The first-order chi connectivity index (χ1) is 10.5. The van der Waals surface area contributed by atoms with E-state index < -0.39 is 0 Å². The summed E-state index contributed by atoms with van der Waals surface area (Å²) in [7, 11) is 1.39. The van der Waals surface area contributed by atoms with E-state index in [0.29, 0.717) is 31.0 Å². The average Bonchev–Trinajstić information content (AvgIpc) is 2.53. The normalized spacial score (nSPS) is 15.1. The number of nitrogens with zero attached hydrogens (tertiary/aromatic N) is 2. The Kier molecular flexibility index (Phi) is 5.41. The molecule has 1 fully saturated rings. The smallest absolute Gasteiger partial charge is 0.339 e. The third-order valence-corrected chi connectivity index (χ3v) is 3.87. The Morgan fingerprint density at radius 1 is 1.14 bits per heavy atom. The predicted octanol–water partition coefficient (Wildman–Crippen LogP) is 2.17. The summed E-state index contributed by atoms with van der Waals surface area (Å²) in [5, 5.41) is 0. The van der Waals surface area contributed by atoms with Crippen molar-refractivity contribution in [1.82, 2.24) is 4.90 Å². The number of carbonyl (C=O) groups excluding carboxylic acids is 2. The fraction of sp³-hybridized carbons (Fsp3) is 0.529. The van der Waals surface area contributed by atoms with Gasteiger partial charge in [-0.05, 0) is 18.1 Å². The van der Waals surface area contributed by atoms with E-state index in [1.165, 1.54) is 7.11 Å². The van der Waals surface area contributed by atoms with Crippen LogP contribution in [0, 0.1) is 5.92 Å². The van der Waals surface area contributed by atoms with Crippen LogP contribution in [-0.2, 0) is 9.53 Å². The first kappa shape index (κ1) is 16.3. The van der Waals surface area contributed by atoms with Crippen LogP contribution in [0.2, 0.25) is 0 Å². The predicted molar refractivity (Wildman–Crippen MR) is 86.0 cm³/mol. The number of anilines is 1. The van der Waals surface area contributed by atoms with Crippen molar-refractivity contribution in [3.8, 4) is 0 Å². The van der Waals surface area contributed by atoms with Crippen LogP contribution < -0.4 is 4.90 Å². The van der Waals surface area contributed by atoms with Gasteiger partial charge in [-0.3, -0.25) is 4.79 Å². The third kappa shape index (κ3) is 3.78. The number of methoxy groups -OCH3 is 1. The molecule has 0 spiro atoms. The van der Waals surface area contributed by atoms with Crippen LogP contribution in [-0.4, -0.2) is 50.1 Å². The highest BCUT2D eigenvalue weighted by Crippen LogP contribution is 2.23. The summed E-state index contributed by atoms with van der Waals surface area (Å²) in [4.78, 5) is 28.0. The maximum atomic E-state index is 12.1.